The van der Waals surface area contributed by atoms with Crippen molar-refractivity contribution in [3.05, 3.63) is 12.7 Å². The summed E-state index contributed by atoms with van der Waals surface area (Å²) in [5.41, 5.74) is 0. The van der Waals surface area contributed by atoms with Gasteiger partial charge in [-0.15, -0.1) is 0 Å². The Labute approximate surface area is 59.3 Å². The Morgan fingerprint density at radius 1 is 1.80 bits per heavy atom. The van der Waals surface area contributed by atoms with Crippen molar-refractivity contribution >= 4 is 5.97 Å². The van der Waals surface area contributed by atoms with Gasteiger partial charge in [-0.2, -0.15) is 0 Å². The molecule has 0 saturated carbocycles. The molecule has 1 fully saturated rings. The number of carbonyl (C=O) groups excluding carboxylic acids is 1. The lowest BCUT2D eigenvalue weighted by Crippen LogP contribution is -2.21. The third-order valence-corrected chi connectivity index (χ3v) is 1.74. The van der Waals surface area contributed by atoms with Crippen molar-refractivity contribution in [3.8, 4) is 0 Å². The van der Waals surface area contributed by atoms with Gasteiger partial charge in [-0.3, -0.25) is 0 Å². The summed E-state index contributed by atoms with van der Waals surface area (Å²) >= 11 is 0. The molecule has 0 spiro atoms. The molecule has 3 atom stereocenters. The molecule has 56 valence electrons. The van der Waals surface area contributed by atoms with Crippen LogP contribution in [0.3, 0.4) is 0 Å². The van der Waals surface area contributed by atoms with Gasteiger partial charge in [0.25, 0.3) is 0 Å². The number of aliphatic hydroxyl groups is 1. The normalized spacial score (nSPS) is 39.4. The van der Waals surface area contributed by atoms with Crippen molar-refractivity contribution in [2.24, 2.45) is 5.92 Å². The fraction of sp³-hybridized carbons (Fsp3) is 0.571. The van der Waals surface area contributed by atoms with E-state index in [1.807, 2.05) is 0 Å². The molecule has 1 aliphatic heterocycles. The molecule has 1 heterocycles. The summed E-state index contributed by atoms with van der Waals surface area (Å²) in [6.45, 7) is 5.23. The number of esters is 1. The Hall–Kier alpha value is -0.830. The number of hydrogen-bond donors (Lipinski definition) is 1. The van der Waals surface area contributed by atoms with Gasteiger partial charge in [-0.25, -0.2) is 4.79 Å². The van der Waals surface area contributed by atoms with Crippen LogP contribution in [-0.2, 0) is 9.53 Å². The van der Waals surface area contributed by atoms with Crippen LogP contribution in [0.15, 0.2) is 12.7 Å². The summed E-state index contributed by atoms with van der Waals surface area (Å²) in [5, 5.41) is 9.05. The lowest BCUT2D eigenvalue weighted by molar-refractivity contribution is -0.146. The van der Waals surface area contributed by atoms with Crippen LogP contribution in [-0.4, -0.2) is 23.3 Å². The van der Waals surface area contributed by atoms with Crippen LogP contribution in [0.25, 0.3) is 0 Å². The molecule has 3 heteroatoms. The predicted molar refractivity (Wildman–Crippen MR) is 35.2 cm³/mol. The molecule has 0 radical (unpaired) electrons. The van der Waals surface area contributed by atoms with Gasteiger partial charge in [0.2, 0.25) is 0 Å². The first kappa shape index (κ1) is 7.28. The largest absolute Gasteiger partial charge is 0.456 e. The standard InChI is InChI=1S/C7H10O3/c1-3-5-4(2)6(8)7(9)10-5/h3-6,8H,1H2,2H3. The highest BCUT2D eigenvalue weighted by molar-refractivity contribution is 5.77. The highest BCUT2D eigenvalue weighted by atomic mass is 16.6. The number of aliphatic hydroxyl groups excluding tert-OH is 1. The van der Waals surface area contributed by atoms with Crippen molar-refractivity contribution in [1.82, 2.24) is 0 Å². The third-order valence-electron chi connectivity index (χ3n) is 1.74. The maximum atomic E-state index is 10.6. The molecule has 10 heavy (non-hydrogen) atoms. The average Bonchev–Trinajstić information content (AvgIpc) is 2.17. The molecule has 0 bridgehead atoms. The van der Waals surface area contributed by atoms with E-state index in [2.05, 4.69) is 6.58 Å². The zero-order chi connectivity index (χ0) is 7.72. The van der Waals surface area contributed by atoms with Gasteiger partial charge in [-0.05, 0) is 0 Å². The molecule has 1 saturated heterocycles. The lowest BCUT2D eigenvalue weighted by Gasteiger charge is -2.07. The minimum absolute atomic E-state index is 0.162. The molecular weight excluding hydrogens is 132 g/mol. The van der Waals surface area contributed by atoms with Crippen LogP contribution in [0.1, 0.15) is 6.92 Å². The molecular formula is C7H10O3. The second kappa shape index (κ2) is 2.42. The van der Waals surface area contributed by atoms with Crippen molar-refractivity contribution in [1.29, 1.82) is 0 Å². The zero-order valence-corrected chi connectivity index (χ0v) is 5.78. The molecule has 0 aromatic heterocycles. The van der Waals surface area contributed by atoms with Crippen LogP contribution in [0.2, 0.25) is 0 Å². The van der Waals surface area contributed by atoms with Gasteiger partial charge in [0.15, 0.2) is 6.10 Å². The molecule has 3 unspecified atom stereocenters. The van der Waals surface area contributed by atoms with Gasteiger partial charge in [-0.1, -0.05) is 19.6 Å². The fourth-order valence-electron chi connectivity index (χ4n) is 0.968. The first-order chi connectivity index (χ1) is 4.66. The highest BCUT2D eigenvalue weighted by Crippen LogP contribution is 2.22. The molecule has 0 aromatic rings. The average molecular weight is 142 g/mol. The van der Waals surface area contributed by atoms with Crippen LogP contribution in [0.4, 0.5) is 0 Å². The molecule has 0 aliphatic carbocycles. The molecule has 0 aromatic carbocycles. The summed E-state index contributed by atoms with van der Waals surface area (Å²) in [7, 11) is 0. The number of hydrogen-bond acceptors (Lipinski definition) is 3. The Kier molecular flexibility index (Phi) is 1.76. The maximum Gasteiger partial charge on any atom is 0.336 e. The van der Waals surface area contributed by atoms with E-state index in [4.69, 9.17) is 9.84 Å². The molecule has 1 aliphatic rings. The maximum absolute atomic E-state index is 10.6. The van der Waals surface area contributed by atoms with Crippen molar-refractivity contribution in [3.63, 3.8) is 0 Å². The monoisotopic (exact) mass is 142 g/mol. The van der Waals surface area contributed by atoms with E-state index >= 15 is 0 Å². The number of cyclic esters (lactones) is 1. The molecule has 3 nitrogen and oxygen atoms in total. The number of carbonyl (C=O) groups is 1. The zero-order valence-electron chi connectivity index (χ0n) is 5.78. The Bertz CT molecular complexity index is 164. The van der Waals surface area contributed by atoms with E-state index < -0.39 is 12.1 Å². The van der Waals surface area contributed by atoms with E-state index in [0.29, 0.717) is 0 Å². The van der Waals surface area contributed by atoms with E-state index in [1.54, 1.807) is 6.92 Å². The van der Waals surface area contributed by atoms with Crippen LogP contribution < -0.4 is 0 Å². The van der Waals surface area contributed by atoms with Gasteiger partial charge in [0.05, 0.1) is 0 Å². The molecule has 1 N–H and O–H groups in total. The van der Waals surface area contributed by atoms with E-state index in [1.165, 1.54) is 6.08 Å². The minimum Gasteiger partial charge on any atom is -0.456 e. The number of rotatable bonds is 1. The lowest BCUT2D eigenvalue weighted by atomic mass is 10.0. The summed E-state index contributed by atoms with van der Waals surface area (Å²) in [6.07, 6.45) is 0.240. The Morgan fingerprint density at radius 2 is 2.40 bits per heavy atom. The van der Waals surface area contributed by atoms with E-state index in [-0.39, 0.29) is 12.0 Å². The van der Waals surface area contributed by atoms with Crippen molar-refractivity contribution < 1.29 is 14.6 Å². The summed E-state index contributed by atoms with van der Waals surface area (Å²) in [5.74, 6) is -0.706. The Morgan fingerprint density at radius 3 is 2.60 bits per heavy atom. The minimum atomic E-state index is -0.969. The van der Waals surface area contributed by atoms with Gasteiger partial charge >= 0.3 is 5.97 Å². The first-order valence-electron chi connectivity index (χ1n) is 3.18. The van der Waals surface area contributed by atoms with Gasteiger partial charge in [0.1, 0.15) is 6.10 Å². The summed E-state index contributed by atoms with van der Waals surface area (Å²) in [4.78, 5) is 10.6. The summed E-state index contributed by atoms with van der Waals surface area (Å²) in [6, 6.07) is 0. The second-order valence-corrected chi connectivity index (χ2v) is 2.44. The molecule has 0 amide bonds. The molecule has 1 rings (SSSR count). The quantitative estimate of drug-likeness (QED) is 0.417. The van der Waals surface area contributed by atoms with Crippen LogP contribution in [0.5, 0.6) is 0 Å². The topological polar surface area (TPSA) is 46.5 Å². The van der Waals surface area contributed by atoms with Gasteiger partial charge < -0.3 is 9.84 Å². The van der Waals surface area contributed by atoms with E-state index in [0.717, 1.165) is 0 Å². The summed E-state index contributed by atoms with van der Waals surface area (Å²) < 4.78 is 4.73. The fourth-order valence-corrected chi connectivity index (χ4v) is 0.968. The smallest absolute Gasteiger partial charge is 0.336 e. The second-order valence-electron chi connectivity index (χ2n) is 2.44. The third kappa shape index (κ3) is 0.926. The van der Waals surface area contributed by atoms with E-state index in [9.17, 15) is 4.79 Å². The van der Waals surface area contributed by atoms with Crippen LogP contribution >= 0.6 is 0 Å². The van der Waals surface area contributed by atoms with Gasteiger partial charge in [0, 0.05) is 5.92 Å². The highest BCUT2D eigenvalue weighted by Gasteiger charge is 2.38. The first-order valence-corrected chi connectivity index (χ1v) is 3.18. The van der Waals surface area contributed by atoms with Crippen molar-refractivity contribution in [2.75, 3.05) is 0 Å². The predicted octanol–water partition coefficient (Wildman–Crippen LogP) is 0.0948. The number of ether oxygens (including phenoxy) is 1. The van der Waals surface area contributed by atoms with Crippen molar-refractivity contribution in [2.45, 2.75) is 19.1 Å². The SMILES string of the molecule is C=CC1OC(=O)C(O)C1C. The van der Waals surface area contributed by atoms with Crippen LogP contribution in [0, 0.1) is 5.92 Å². The Balaban J connectivity index is 2.70.